The van der Waals surface area contributed by atoms with E-state index in [-0.39, 0.29) is 17.6 Å². The highest BCUT2D eigenvalue weighted by Gasteiger charge is 2.25. The first-order chi connectivity index (χ1) is 10.3. The molecule has 0 bridgehead atoms. The number of morpholine rings is 1. The van der Waals surface area contributed by atoms with Crippen LogP contribution in [0.15, 0.2) is 36.7 Å². The number of anilines is 1. The maximum atomic E-state index is 13.8. The average molecular weight is 284 g/mol. The van der Waals surface area contributed by atoms with Crippen LogP contribution in [0.5, 0.6) is 0 Å². The normalized spacial score (nSPS) is 18.3. The Morgan fingerprint density at radius 2 is 2.14 bits per heavy atom. The average Bonchev–Trinajstić information content (AvgIpc) is 2.55. The van der Waals surface area contributed by atoms with Crippen molar-refractivity contribution in [1.82, 2.24) is 9.97 Å². The van der Waals surface area contributed by atoms with Gasteiger partial charge in [-0.1, -0.05) is 18.2 Å². The third-order valence-electron chi connectivity index (χ3n) is 3.40. The first kappa shape index (κ1) is 13.5. The summed E-state index contributed by atoms with van der Waals surface area (Å²) < 4.78 is 19.5. The van der Waals surface area contributed by atoms with Crippen molar-refractivity contribution in [1.29, 1.82) is 5.26 Å². The summed E-state index contributed by atoms with van der Waals surface area (Å²) in [5.41, 5.74) is 0.821. The fraction of sp³-hybridized carbons (Fsp3) is 0.267. The van der Waals surface area contributed by atoms with Crippen molar-refractivity contribution in [2.45, 2.75) is 6.10 Å². The molecule has 1 fully saturated rings. The summed E-state index contributed by atoms with van der Waals surface area (Å²) in [6.45, 7) is 1.65. The number of nitriles is 1. The van der Waals surface area contributed by atoms with Gasteiger partial charge < -0.3 is 9.64 Å². The molecule has 1 aliphatic heterocycles. The minimum Gasteiger partial charge on any atom is -0.370 e. The Hall–Kier alpha value is -2.52. The third kappa shape index (κ3) is 2.83. The molecule has 5 nitrogen and oxygen atoms in total. The van der Waals surface area contributed by atoms with Crippen molar-refractivity contribution in [2.75, 3.05) is 24.6 Å². The molecule has 3 rings (SSSR count). The van der Waals surface area contributed by atoms with E-state index in [2.05, 4.69) is 9.97 Å². The molecule has 21 heavy (non-hydrogen) atoms. The van der Waals surface area contributed by atoms with E-state index in [1.807, 2.05) is 11.0 Å². The monoisotopic (exact) mass is 284 g/mol. The number of hydrogen-bond acceptors (Lipinski definition) is 5. The molecule has 1 saturated heterocycles. The maximum absolute atomic E-state index is 13.8. The number of aromatic nitrogens is 2. The molecule has 2 heterocycles. The second kappa shape index (κ2) is 5.85. The van der Waals surface area contributed by atoms with Gasteiger partial charge in [0.2, 0.25) is 0 Å². The zero-order valence-corrected chi connectivity index (χ0v) is 11.2. The van der Waals surface area contributed by atoms with Crippen LogP contribution in [0.4, 0.5) is 10.2 Å². The van der Waals surface area contributed by atoms with Gasteiger partial charge in [-0.2, -0.15) is 5.26 Å². The smallest absolute Gasteiger partial charge is 0.158 e. The molecule has 2 aromatic rings. The summed E-state index contributed by atoms with van der Waals surface area (Å²) in [7, 11) is 0. The topological polar surface area (TPSA) is 62.0 Å². The van der Waals surface area contributed by atoms with E-state index in [1.165, 1.54) is 12.3 Å². The van der Waals surface area contributed by atoms with Crippen molar-refractivity contribution in [3.05, 3.63) is 53.7 Å². The van der Waals surface area contributed by atoms with Gasteiger partial charge in [-0.25, -0.2) is 14.4 Å². The summed E-state index contributed by atoms with van der Waals surface area (Å²) in [6, 6.07) is 8.54. The lowest BCUT2D eigenvalue weighted by Gasteiger charge is -2.33. The second-order valence-electron chi connectivity index (χ2n) is 4.70. The SMILES string of the molecule is N#Cc1cnc(N2CCOC(c3ccccc3F)C2)cn1. The second-order valence-corrected chi connectivity index (χ2v) is 4.70. The van der Waals surface area contributed by atoms with Crippen LogP contribution in [0.1, 0.15) is 17.4 Å². The Morgan fingerprint density at radius 3 is 2.86 bits per heavy atom. The van der Waals surface area contributed by atoms with Crippen molar-refractivity contribution in [3.8, 4) is 6.07 Å². The van der Waals surface area contributed by atoms with Crippen LogP contribution in [0.2, 0.25) is 0 Å². The molecule has 1 aromatic carbocycles. The van der Waals surface area contributed by atoms with Crippen molar-refractivity contribution in [2.24, 2.45) is 0 Å². The molecule has 1 atom stereocenters. The molecule has 1 unspecified atom stereocenters. The Balaban J connectivity index is 1.79. The lowest BCUT2D eigenvalue weighted by Crippen LogP contribution is -2.39. The van der Waals surface area contributed by atoms with E-state index >= 15 is 0 Å². The molecule has 0 amide bonds. The number of rotatable bonds is 2. The Bertz CT molecular complexity index is 668. The first-order valence-corrected chi connectivity index (χ1v) is 6.61. The van der Waals surface area contributed by atoms with Gasteiger partial charge in [0, 0.05) is 12.1 Å². The molecule has 1 aliphatic rings. The zero-order chi connectivity index (χ0) is 14.7. The summed E-state index contributed by atoms with van der Waals surface area (Å²) >= 11 is 0. The summed E-state index contributed by atoms with van der Waals surface area (Å²) in [6.07, 6.45) is 2.66. The van der Waals surface area contributed by atoms with E-state index in [0.29, 0.717) is 31.1 Å². The highest BCUT2D eigenvalue weighted by Crippen LogP contribution is 2.26. The lowest BCUT2D eigenvalue weighted by atomic mass is 10.1. The molecule has 0 aliphatic carbocycles. The highest BCUT2D eigenvalue weighted by atomic mass is 19.1. The minimum absolute atomic E-state index is 0.268. The predicted molar refractivity (Wildman–Crippen MR) is 74.1 cm³/mol. The van der Waals surface area contributed by atoms with Crippen LogP contribution in [0.3, 0.4) is 0 Å². The number of hydrogen-bond donors (Lipinski definition) is 0. The van der Waals surface area contributed by atoms with Crippen molar-refractivity contribution < 1.29 is 9.13 Å². The van der Waals surface area contributed by atoms with Gasteiger partial charge in [0.25, 0.3) is 0 Å². The van der Waals surface area contributed by atoms with Crippen LogP contribution in [0, 0.1) is 17.1 Å². The summed E-state index contributed by atoms with van der Waals surface area (Å²) in [4.78, 5) is 10.2. The molecule has 0 spiro atoms. The standard InChI is InChI=1S/C15H13FN4O/c16-13-4-2-1-3-12(13)14-10-20(5-6-21-14)15-9-18-11(7-17)8-19-15/h1-4,8-9,14H,5-6,10H2. The zero-order valence-electron chi connectivity index (χ0n) is 11.2. The van der Waals surface area contributed by atoms with Gasteiger partial charge in [0.1, 0.15) is 23.8 Å². The van der Waals surface area contributed by atoms with E-state index in [0.717, 1.165) is 0 Å². The number of ether oxygens (including phenoxy) is 1. The largest absolute Gasteiger partial charge is 0.370 e. The van der Waals surface area contributed by atoms with E-state index in [4.69, 9.17) is 10.00 Å². The lowest BCUT2D eigenvalue weighted by molar-refractivity contribution is 0.0372. The Morgan fingerprint density at radius 1 is 1.29 bits per heavy atom. The van der Waals surface area contributed by atoms with Crippen molar-refractivity contribution >= 4 is 5.82 Å². The molecule has 0 radical (unpaired) electrons. The van der Waals surface area contributed by atoms with Gasteiger partial charge in [0.05, 0.1) is 25.5 Å². The minimum atomic E-state index is -0.336. The first-order valence-electron chi connectivity index (χ1n) is 6.61. The molecular weight excluding hydrogens is 271 g/mol. The predicted octanol–water partition coefficient (Wildman–Crippen LogP) is 2.07. The van der Waals surface area contributed by atoms with Gasteiger partial charge in [-0.3, -0.25) is 0 Å². The number of nitrogens with zero attached hydrogens (tertiary/aromatic N) is 4. The molecule has 1 aromatic heterocycles. The maximum Gasteiger partial charge on any atom is 0.158 e. The Kier molecular flexibility index (Phi) is 3.75. The Labute approximate surface area is 121 Å². The van der Waals surface area contributed by atoms with Gasteiger partial charge in [-0.15, -0.1) is 0 Å². The van der Waals surface area contributed by atoms with Gasteiger partial charge in [-0.05, 0) is 6.07 Å². The summed E-state index contributed by atoms with van der Waals surface area (Å²) in [5, 5.41) is 8.73. The molecule has 0 saturated carbocycles. The van der Waals surface area contributed by atoms with E-state index in [1.54, 1.807) is 24.4 Å². The molecular formula is C15H13FN4O. The molecule has 0 N–H and O–H groups in total. The highest BCUT2D eigenvalue weighted by molar-refractivity contribution is 5.38. The number of halogens is 1. The van der Waals surface area contributed by atoms with Crippen molar-refractivity contribution in [3.63, 3.8) is 0 Å². The molecule has 106 valence electrons. The van der Waals surface area contributed by atoms with Gasteiger partial charge >= 0.3 is 0 Å². The third-order valence-corrected chi connectivity index (χ3v) is 3.40. The van der Waals surface area contributed by atoms with Crippen LogP contribution >= 0.6 is 0 Å². The fourth-order valence-corrected chi connectivity index (χ4v) is 2.32. The summed E-state index contributed by atoms with van der Waals surface area (Å²) in [5.74, 6) is 0.397. The van der Waals surface area contributed by atoms with Crippen LogP contribution in [-0.2, 0) is 4.74 Å². The quantitative estimate of drug-likeness (QED) is 0.844. The van der Waals surface area contributed by atoms with Crippen LogP contribution in [0.25, 0.3) is 0 Å². The van der Waals surface area contributed by atoms with Crippen LogP contribution < -0.4 is 4.90 Å². The van der Waals surface area contributed by atoms with Gasteiger partial charge in [0.15, 0.2) is 5.69 Å². The fourth-order valence-electron chi connectivity index (χ4n) is 2.32. The van der Waals surface area contributed by atoms with E-state index in [9.17, 15) is 4.39 Å². The van der Waals surface area contributed by atoms with Crippen LogP contribution in [-0.4, -0.2) is 29.7 Å². The van der Waals surface area contributed by atoms with E-state index < -0.39 is 0 Å². The molecule has 6 heteroatoms. The number of benzene rings is 1.